The van der Waals surface area contributed by atoms with Gasteiger partial charge < -0.3 is 15.4 Å². The minimum absolute atomic E-state index is 0.102. The van der Waals surface area contributed by atoms with Gasteiger partial charge in [-0.05, 0) is 6.92 Å². The molecule has 0 bridgehead atoms. The highest BCUT2D eigenvalue weighted by molar-refractivity contribution is 6.35. The number of carbonyl (C=O) groups excluding carboxylic acids is 3. The number of methoxy groups -OCH3 is 1. The number of esters is 1. The van der Waals surface area contributed by atoms with E-state index in [1.165, 1.54) is 13.2 Å². The lowest BCUT2D eigenvalue weighted by Crippen LogP contribution is -2.39. The van der Waals surface area contributed by atoms with Crippen molar-refractivity contribution in [2.45, 2.75) is 6.92 Å². The van der Waals surface area contributed by atoms with Crippen LogP contribution >= 0.6 is 0 Å². The third kappa shape index (κ3) is 6.25. The van der Waals surface area contributed by atoms with Crippen LogP contribution in [0.4, 0.5) is 0 Å². The summed E-state index contributed by atoms with van der Waals surface area (Å²) in [7, 11) is 1.25. The molecule has 2 amide bonds. The first kappa shape index (κ1) is 13.2. The van der Waals surface area contributed by atoms with Crippen LogP contribution in [0, 0.1) is 0 Å². The van der Waals surface area contributed by atoms with Crippen molar-refractivity contribution in [1.29, 1.82) is 0 Å². The summed E-state index contributed by atoms with van der Waals surface area (Å²) >= 11 is 0. The summed E-state index contributed by atoms with van der Waals surface area (Å²) in [4.78, 5) is 32.5. The van der Waals surface area contributed by atoms with Gasteiger partial charge in [-0.15, -0.1) is 0 Å². The molecule has 0 aromatic carbocycles. The molecule has 0 aliphatic heterocycles. The maximum Gasteiger partial charge on any atom is 0.330 e. The van der Waals surface area contributed by atoms with Gasteiger partial charge in [-0.1, -0.05) is 6.08 Å². The van der Waals surface area contributed by atoms with E-state index in [1.807, 2.05) is 0 Å². The molecule has 15 heavy (non-hydrogen) atoms. The van der Waals surface area contributed by atoms with Crippen molar-refractivity contribution >= 4 is 17.8 Å². The number of hydrogen-bond donors (Lipinski definition) is 2. The van der Waals surface area contributed by atoms with Gasteiger partial charge >= 0.3 is 17.8 Å². The second-order valence-corrected chi connectivity index (χ2v) is 2.50. The maximum atomic E-state index is 11.0. The first-order valence-electron chi connectivity index (χ1n) is 4.42. The van der Waals surface area contributed by atoms with Crippen LogP contribution in [0.3, 0.4) is 0 Å². The molecular weight excluding hydrogens is 200 g/mol. The molecule has 0 atom stereocenters. The van der Waals surface area contributed by atoms with Crippen LogP contribution < -0.4 is 10.6 Å². The number of carbonyl (C=O) groups is 3. The van der Waals surface area contributed by atoms with Crippen LogP contribution in [-0.2, 0) is 19.1 Å². The molecule has 84 valence electrons. The molecule has 0 saturated heterocycles. The summed E-state index contributed by atoms with van der Waals surface area (Å²) in [5, 5.41) is 4.64. The van der Waals surface area contributed by atoms with E-state index in [-0.39, 0.29) is 6.54 Å². The van der Waals surface area contributed by atoms with E-state index < -0.39 is 17.8 Å². The lowest BCUT2D eigenvalue weighted by Gasteiger charge is -2.01. The largest absolute Gasteiger partial charge is 0.466 e. The highest BCUT2D eigenvalue weighted by Crippen LogP contribution is 1.77. The Morgan fingerprint density at radius 3 is 2.33 bits per heavy atom. The summed E-state index contributed by atoms with van der Waals surface area (Å²) in [6.45, 7) is 2.21. The van der Waals surface area contributed by atoms with E-state index in [4.69, 9.17) is 0 Å². The summed E-state index contributed by atoms with van der Waals surface area (Å²) in [6.07, 6.45) is 2.56. The number of ether oxygens (including phenoxy) is 1. The zero-order valence-corrected chi connectivity index (χ0v) is 8.70. The lowest BCUT2D eigenvalue weighted by atomic mass is 10.4. The molecule has 0 aromatic heterocycles. The molecule has 0 aromatic rings. The summed E-state index contributed by atoms with van der Waals surface area (Å²) in [5.74, 6) is -1.93. The predicted molar refractivity (Wildman–Crippen MR) is 52.8 cm³/mol. The van der Waals surface area contributed by atoms with Crippen molar-refractivity contribution in [2.24, 2.45) is 0 Å². The maximum absolute atomic E-state index is 11.0. The van der Waals surface area contributed by atoms with Crippen LogP contribution in [-0.4, -0.2) is 38.0 Å². The Labute approximate surface area is 87.7 Å². The Morgan fingerprint density at radius 2 is 1.80 bits per heavy atom. The molecule has 0 unspecified atom stereocenters. The van der Waals surface area contributed by atoms with E-state index in [0.29, 0.717) is 6.54 Å². The molecule has 0 spiro atoms. The number of amides is 2. The quantitative estimate of drug-likeness (QED) is 0.356. The summed E-state index contributed by atoms with van der Waals surface area (Å²) in [6, 6.07) is 0. The number of rotatable bonds is 4. The second kappa shape index (κ2) is 7.54. The number of nitrogens with one attached hydrogen (secondary N) is 2. The van der Waals surface area contributed by atoms with Gasteiger partial charge in [-0.2, -0.15) is 0 Å². The Morgan fingerprint density at radius 1 is 1.20 bits per heavy atom. The average molecular weight is 214 g/mol. The van der Waals surface area contributed by atoms with E-state index in [2.05, 4.69) is 15.4 Å². The SMILES string of the molecule is CCNC(=O)C(=O)NC/C=C/C(=O)OC. The monoisotopic (exact) mass is 214 g/mol. The molecule has 0 heterocycles. The standard InChI is InChI=1S/C9H14N2O4/c1-3-10-8(13)9(14)11-6-4-5-7(12)15-2/h4-5H,3,6H2,1-2H3,(H,10,13)(H,11,14)/b5-4+. The van der Waals surface area contributed by atoms with Gasteiger partial charge in [0.05, 0.1) is 7.11 Å². The van der Waals surface area contributed by atoms with Gasteiger partial charge in [0, 0.05) is 19.2 Å². The zero-order valence-electron chi connectivity index (χ0n) is 8.70. The van der Waals surface area contributed by atoms with Crippen LogP contribution in [0.15, 0.2) is 12.2 Å². The molecule has 6 heteroatoms. The van der Waals surface area contributed by atoms with Crippen LogP contribution in [0.25, 0.3) is 0 Å². The molecule has 2 N–H and O–H groups in total. The zero-order chi connectivity index (χ0) is 11.7. The molecule has 0 aliphatic rings. The van der Waals surface area contributed by atoms with E-state index in [0.717, 1.165) is 6.08 Å². The van der Waals surface area contributed by atoms with Crippen LogP contribution in [0.5, 0.6) is 0 Å². The third-order valence-electron chi connectivity index (χ3n) is 1.38. The highest BCUT2D eigenvalue weighted by atomic mass is 16.5. The minimum atomic E-state index is -0.730. The molecule has 0 aliphatic carbocycles. The predicted octanol–water partition coefficient (Wildman–Crippen LogP) is -1.03. The van der Waals surface area contributed by atoms with Crippen LogP contribution in [0.1, 0.15) is 6.92 Å². The van der Waals surface area contributed by atoms with Crippen molar-refractivity contribution in [3.05, 3.63) is 12.2 Å². The first-order valence-corrected chi connectivity index (χ1v) is 4.42. The molecule has 0 fully saturated rings. The molecule has 0 rings (SSSR count). The second-order valence-electron chi connectivity index (χ2n) is 2.50. The van der Waals surface area contributed by atoms with Crippen LogP contribution in [0.2, 0.25) is 0 Å². The van der Waals surface area contributed by atoms with E-state index in [9.17, 15) is 14.4 Å². The Kier molecular flexibility index (Phi) is 6.61. The van der Waals surface area contributed by atoms with E-state index in [1.54, 1.807) is 6.92 Å². The number of hydrogen-bond acceptors (Lipinski definition) is 4. The van der Waals surface area contributed by atoms with Crippen molar-refractivity contribution in [2.75, 3.05) is 20.2 Å². The molecular formula is C9H14N2O4. The molecule has 0 radical (unpaired) electrons. The van der Waals surface area contributed by atoms with Crippen molar-refractivity contribution in [3.8, 4) is 0 Å². The van der Waals surface area contributed by atoms with Crippen molar-refractivity contribution in [1.82, 2.24) is 10.6 Å². The van der Waals surface area contributed by atoms with E-state index >= 15 is 0 Å². The smallest absolute Gasteiger partial charge is 0.330 e. The Balaban J connectivity index is 3.77. The van der Waals surface area contributed by atoms with Gasteiger partial charge in [-0.3, -0.25) is 9.59 Å². The first-order chi connectivity index (χ1) is 7.11. The fourth-order valence-electron chi connectivity index (χ4n) is 0.696. The topological polar surface area (TPSA) is 84.5 Å². The lowest BCUT2D eigenvalue weighted by molar-refractivity contribution is -0.139. The van der Waals surface area contributed by atoms with Gasteiger partial charge in [0.25, 0.3) is 0 Å². The average Bonchev–Trinajstić information content (AvgIpc) is 2.23. The summed E-state index contributed by atoms with van der Waals surface area (Å²) < 4.78 is 4.33. The van der Waals surface area contributed by atoms with Gasteiger partial charge in [0.1, 0.15) is 0 Å². The highest BCUT2D eigenvalue weighted by Gasteiger charge is 2.09. The number of likely N-dealkylation sites (N-methyl/N-ethyl adjacent to an activating group) is 1. The molecule has 0 saturated carbocycles. The fraction of sp³-hybridized carbons (Fsp3) is 0.444. The van der Waals surface area contributed by atoms with Gasteiger partial charge in [-0.25, -0.2) is 4.79 Å². The van der Waals surface area contributed by atoms with Crippen molar-refractivity contribution in [3.63, 3.8) is 0 Å². The minimum Gasteiger partial charge on any atom is -0.466 e. The normalized spacial score (nSPS) is 9.73. The fourth-order valence-corrected chi connectivity index (χ4v) is 0.696. The summed E-state index contributed by atoms with van der Waals surface area (Å²) in [5.41, 5.74) is 0. The van der Waals surface area contributed by atoms with Crippen molar-refractivity contribution < 1.29 is 19.1 Å². The van der Waals surface area contributed by atoms with Gasteiger partial charge in [0.15, 0.2) is 0 Å². The Bertz CT molecular complexity index is 273. The van der Waals surface area contributed by atoms with Gasteiger partial charge in [0.2, 0.25) is 0 Å². The Hall–Kier alpha value is -1.85. The third-order valence-corrected chi connectivity index (χ3v) is 1.38. The molecule has 6 nitrogen and oxygen atoms in total.